The molecule has 72 valence electrons. The molecule has 1 aromatic heterocycles. The maximum Gasteiger partial charge on any atom is 0.0402 e. The van der Waals surface area contributed by atoms with Crippen molar-refractivity contribution in [3.05, 3.63) is 30.6 Å². The summed E-state index contributed by atoms with van der Waals surface area (Å²) in [5.74, 6) is 0. The molecule has 0 aliphatic carbocycles. The summed E-state index contributed by atoms with van der Waals surface area (Å²) >= 11 is 0. The summed E-state index contributed by atoms with van der Waals surface area (Å²) in [6.45, 7) is 5.93. The Labute approximate surface area is 76.3 Å². The highest BCUT2D eigenvalue weighted by Crippen LogP contribution is 1.73. The number of aromatic nitrogens is 1. The fourth-order valence-corrected chi connectivity index (χ4v) is 0.313. The van der Waals surface area contributed by atoms with Gasteiger partial charge >= 0.3 is 0 Å². The molecule has 0 unspecified atom stereocenters. The van der Waals surface area contributed by atoms with Gasteiger partial charge in [0.15, 0.2) is 0 Å². The topological polar surface area (TPSA) is 33.1 Å². The van der Waals surface area contributed by atoms with Crippen molar-refractivity contribution < 1.29 is 5.11 Å². The summed E-state index contributed by atoms with van der Waals surface area (Å²) in [5, 5.41) is 7.57. The van der Waals surface area contributed by atoms with E-state index in [2.05, 4.69) is 4.98 Å². The second-order valence-electron chi connectivity index (χ2n) is 1.34. The Bertz CT molecular complexity index is 92.7. The number of hydrogen-bond acceptors (Lipinski definition) is 2. The first-order valence-electron chi connectivity index (χ1n) is 3.87. The standard InChI is InChI=1S/C5H5N.C2H6O.C2H6.CH4/c1-2-4-6-5-3-1;1-2-3;1-2;/h1-5H;3H,2H2,1H3;1-2H3;1H4. The molecule has 1 rings (SSSR count). The van der Waals surface area contributed by atoms with E-state index in [4.69, 9.17) is 5.11 Å². The van der Waals surface area contributed by atoms with Gasteiger partial charge in [-0.3, -0.25) is 4.98 Å². The van der Waals surface area contributed by atoms with Gasteiger partial charge in [-0.25, -0.2) is 0 Å². The highest BCUT2D eigenvalue weighted by molar-refractivity contribution is 4.88. The molecule has 1 heterocycles. The molecule has 1 N–H and O–H groups in total. The monoisotopic (exact) mass is 171 g/mol. The Kier molecular flexibility index (Phi) is 32.3. The SMILES string of the molecule is C.CC.CCO.c1ccncc1. The normalized spacial score (nSPS) is 6.00. The van der Waals surface area contributed by atoms with Crippen LogP contribution in [0.4, 0.5) is 0 Å². The first-order chi connectivity index (χ1) is 5.41. The lowest BCUT2D eigenvalue weighted by Crippen LogP contribution is -1.58. The molecule has 0 amide bonds. The number of pyridine rings is 1. The Balaban J connectivity index is -0.000000119. The van der Waals surface area contributed by atoms with Gasteiger partial charge in [-0.15, -0.1) is 0 Å². The number of aliphatic hydroxyl groups excluding tert-OH is 1. The van der Waals surface area contributed by atoms with Crippen LogP contribution in [0, 0.1) is 0 Å². The first-order valence-corrected chi connectivity index (χ1v) is 3.87. The average molecular weight is 171 g/mol. The zero-order valence-electron chi connectivity index (χ0n) is 7.49. The van der Waals surface area contributed by atoms with Crippen LogP contribution in [0.25, 0.3) is 0 Å². The zero-order chi connectivity index (χ0) is 8.95. The second-order valence-corrected chi connectivity index (χ2v) is 1.34. The number of nitrogens with zero attached hydrogens (tertiary/aromatic N) is 1. The van der Waals surface area contributed by atoms with Crippen molar-refractivity contribution in [3.8, 4) is 0 Å². The van der Waals surface area contributed by atoms with E-state index in [1.165, 1.54) is 0 Å². The van der Waals surface area contributed by atoms with Crippen LogP contribution in [0.15, 0.2) is 30.6 Å². The fourth-order valence-electron chi connectivity index (χ4n) is 0.313. The predicted octanol–water partition coefficient (Wildman–Crippen LogP) is 2.74. The van der Waals surface area contributed by atoms with Crippen molar-refractivity contribution in [2.75, 3.05) is 6.61 Å². The predicted molar refractivity (Wildman–Crippen MR) is 55.1 cm³/mol. The van der Waals surface area contributed by atoms with Crippen LogP contribution in [-0.4, -0.2) is 16.7 Å². The molecule has 0 saturated heterocycles. The van der Waals surface area contributed by atoms with E-state index in [1.807, 2.05) is 32.0 Å². The zero-order valence-corrected chi connectivity index (χ0v) is 7.49. The highest BCUT2D eigenvalue weighted by atomic mass is 16.2. The van der Waals surface area contributed by atoms with E-state index in [-0.39, 0.29) is 14.0 Å². The number of aliphatic hydroxyl groups is 1. The van der Waals surface area contributed by atoms with Gasteiger partial charge in [0.05, 0.1) is 0 Å². The van der Waals surface area contributed by atoms with Crippen LogP contribution >= 0.6 is 0 Å². The van der Waals surface area contributed by atoms with E-state index < -0.39 is 0 Å². The minimum absolute atomic E-state index is 0. The molecule has 2 nitrogen and oxygen atoms in total. The Morgan fingerprint density at radius 3 is 1.50 bits per heavy atom. The lowest BCUT2D eigenvalue weighted by atomic mass is 10.5. The van der Waals surface area contributed by atoms with Crippen LogP contribution in [0.1, 0.15) is 28.2 Å². The first kappa shape index (κ1) is 17.3. The summed E-state index contributed by atoms with van der Waals surface area (Å²) in [5.41, 5.74) is 0. The maximum absolute atomic E-state index is 7.57. The summed E-state index contributed by atoms with van der Waals surface area (Å²) in [7, 11) is 0. The van der Waals surface area contributed by atoms with Crippen LogP contribution in [0.2, 0.25) is 0 Å². The van der Waals surface area contributed by atoms with Gasteiger partial charge in [0.2, 0.25) is 0 Å². The molecule has 0 saturated carbocycles. The van der Waals surface area contributed by atoms with Gasteiger partial charge in [0.25, 0.3) is 0 Å². The summed E-state index contributed by atoms with van der Waals surface area (Å²) in [4.78, 5) is 3.78. The van der Waals surface area contributed by atoms with E-state index in [0.717, 1.165) is 0 Å². The van der Waals surface area contributed by atoms with Gasteiger partial charge in [-0.1, -0.05) is 27.3 Å². The molecule has 0 atom stereocenters. The molecule has 0 spiro atoms. The van der Waals surface area contributed by atoms with Crippen LogP contribution in [0.3, 0.4) is 0 Å². The Morgan fingerprint density at radius 2 is 1.42 bits per heavy atom. The molecular weight excluding hydrogens is 150 g/mol. The third-order valence-corrected chi connectivity index (χ3v) is 0.566. The van der Waals surface area contributed by atoms with Crippen LogP contribution in [0.5, 0.6) is 0 Å². The van der Waals surface area contributed by atoms with Gasteiger partial charge in [0, 0.05) is 19.0 Å². The molecule has 0 aliphatic rings. The molecule has 0 aromatic carbocycles. The minimum Gasteiger partial charge on any atom is -0.397 e. The minimum atomic E-state index is 0. The molecule has 0 aliphatic heterocycles. The van der Waals surface area contributed by atoms with Crippen molar-refractivity contribution in [2.24, 2.45) is 0 Å². The van der Waals surface area contributed by atoms with Crippen molar-refractivity contribution in [3.63, 3.8) is 0 Å². The lowest BCUT2D eigenvalue weighted by Gasteiger charge is -1.70. The van der Waals surface area contributed by atoms with Gasteiger partial charge in [0.1, 0.15) is 0 Å². The Hall–Kier alpha value is -0.890. The van der Waals surface area contributed by atoms with E-state index in [9.17, 15) is 0 Å². The molecule has 2 heteroatoms. The third-order valence-electron chi connectivity index (χ3n) is 0.566. The lowest BCUT2D eigenvalue weighted by molar-refractivity contribution is 0.318. The van der Waals surface area contributed by atoms with E-state index in [1.54, 1.807) is 19.3 Å². The maximum atomic E-state index is 7.57. The fraction of sp³-hybridized carbons (Fsp3) is 0.500. The molecule has 0 fully saturated rings. The molecule has 0 bridgehead atoms. The Morgan fingerprint density at radius 1 is 1.08 bits per heavy atom. The van der Waals surface area contributed by atoms with Crippen molar-refractivity contribution in [1.82, 2.24) is 4.98 Å². The summed E-state index contributed by atoms with van der Waals surface area (Å²) in [6.07, 6.45) is 3.50. The highest BCUT2D eigenvalue weighted by Gasteiger charge is 1.58. The quantitative estimate of drug-likeness (QED) is 0.651. The second kappa shape index (κ2) is 22.5. The van der Waals surface area contributed by atoms with Gasteiger partial charge in [-0.2, -0.15) is 0 Å². The molecule has 1 aromatic rings. The third kappa shape index (κ3) is 22.9. The van der Waals surface area contributed by atoms with Gasteiger partial charge < -0.3 is 5.11 Å². The largest absolute Gasteiger partial charge is 0.397 e. The van der Waals surface area contributed by atoms with Crippen molar-refractivity contribution in [1.29, 1.82) is 0 Å². The smallest absolute Gasteiger partial charge is 0.0402 e. The number of hydrogen-bond donors (Lipinski definition) is 1. The average Bonchev–Trinajstić information content (AvgIpc) is 2.12. The summed E-state index contributed by atoms with van der Waals surface area (Å²) in [6, 6.07) is 5.72. The van der Waals surface area contributed by atoms with Crippen molar-refractivity contribution in [2.45, 2.75) is 28.2 Å². The van der Waals surface area contributed by atoms with Crippen molar-refractivity contribution >= 4 is 0 Å². The number of rotatable bonds is 0. The van der Waals surface area contributed by atoms with Crippen LogP contribution < -0.4 is 0 Å². The summed E-state index contributed by atoms with van der Waals surface area (Å²) < 4.78 is 0. The van der Waals surface area contributed by atoms with E-state index >= 15 is 0 Å². The molecule has 12 heavy (non-hydrogen) atoms. The molecule has 0 radical (unpaired) electrons. The molecular formula is C10H21NO. The van der Waals surface area contributed by atoms with Crippen LogP contribution in [-0.2, 0) is 0 Å². The van der Waals surface area contributed by atoms with E-state index in [0.29, 0.717) is 0 Å². The van der Waals surface area contributed by atoms with Gasteiger partial charge in [-0.05, 0) is 19.1 Å².